The number of esters is 1. The summed E-state index contributed by atoms with van der Waals surface area (Å²) in [6.07, 6.45) is 9.70. The summed E-state index contributed by atoms with van der Waals surface area (Å²) in [5.74, 6) is -2.17. The van der Waals surface area contributed by atoms with Crippen LogP contribution >= 0.6 is 0 Å². The zero-order valence-electron chi connectivity index (χ0n) is 18.6. The molecule has 0 aromatic rings. The van der Waals surface area contributed by atoms with Crippen molar-refractivity contribution in [2.24, 2.45) is 28.6 Å². The van der Waals surface area contributed by atoms with E-state index in [1.165, 1.54) is 6.08 Å². The van der Waals surface area contributed by atoms with E-state index < -0.39 is 46.4 Å². The SMILES string of the molecule is CCC(=O)O[C@]1(C(=O)CO)C(C)C[C@H]2[C@@H]3CCC4=CC(=O)C=C[C@]4(C)[C@@]3(F)C=C[C@@]21C. The molecule has 0 radical (unpaired) electrons. The number of aliphatic hydroxyl groups excluding tert-OH is 1. The number of allylic oxidation sites excluding steroid dienone is 5. The van der Waals surface area contributed by atoms with Crippen molar-refractivity contribution in [3.8, 4) is 0 Å². The van der Waals surface area contributed by atoms with Gasteiger partial charge < -0.3 is 9.84 Å². The molecule has 4 aliphatic rings. The summed E-state index contributed by atoms with van der Waals surface area (Å²) < 4.78 is 22.8. The number of hydrogen-bond acceptors (Lipinski definition) is 5. The molecule has 2 saturated carbocycles. The fourth-order valence-electron chi connectivity index (χ4n) is 7.06. The molecule has 0 aromatic carbocycles. The van der Waals surface area contributed by atoms with Crippen molar-refractivity contribution in [1.82, 2.24) is 0 Å². The Hall–Kier alpha value is -2.08. The maximum absolute atomic E-state index is 16.9. The van der Waals surface area contributed by atoms with E-state index in [2.05, 4.69) is 0 Å². The van der Waals surface area contributed by atoms with E-state index >= 15 is 4.39 Å². The Bertz CT molecular complexity index is 934. The van der Waals surface area contributed by atoms with Gasteiger partial charge in [-0.15, -0.1) is 0 Å². The fourth-order valence-corrected chi connectivity index (χ4v) is 7.06. The van der Waals surface area contributed by atoms with Crippen LogP contribution in [0.1, 0.15) is 53.4 Å². The first-order valence-electron chi connectivity index (χ1n) is 11.2. The molecule has 0 bridgehead atoms. The first-order valence-corrected chi connectivity index (χ1v) is 11.2. The van der Waals surface area contributed by atoms with Crippen LogP contribution in [-0.4, -0.2) is 40.5 Å². The van der Waals surface area contributed by atoms with Crippen molar-refractivity contribution in [2.75, 3.05) is 6.61 Å². The summed E-state index contributed by atoms with van der Waals surface area (Å²) >= 11 is 0. The van der Waals surface area contributed by atoms with E-state index in [0.29, 0.717) is 19.3 Å². The Morgan fingerprint density at radius 1 is 1.23 bits per heavy atom. The molecular weight excluding hydrogens is 399 g/mol. The van der Waals surface area contributed by atoms with Gasteiger partial charge in [-0.2, -0.15) is 0 Å². The Morgan fingerprint density at radius 2 is 1.94 bits per heavy atom. The van der Waals surface area contributed by atoms with Crippen molar-refractivity contribution in [3.63, 3.8) is 0 Å². The smallest absolute Gasteiger partial charge is 0.306 e. The minimum atomic E-state index is -1.72. The Morgan fingerprint density at radius 3 is 2.58 bits per heavy atom. The second kappa shape index (κ2) is 6.96. The summed E-state index contributed by atoms with van der Waals surface area (Å²) in [5, 5.41) is 9.78. The number of hydrogen-bond donors (Lipinski definition) is 1. The summed E-state index contributed by atoms with van der Waals surface area (Å²) in [6.45, 7) is 6.47. The number of halogens is 1. The minimum Gasteiger partial charge on any atom is -0.450 e. The normalized spacial score (nSPS) is 45.4. The average Bonchev–Trinajstić information content (AvgIpc) is 2.96. The molecule has 7 atom stereocenters. The van der Waals surface area contributed by atoms with Crippen molar-refractivity contribution < 1.29 is 28.6 Å². The molecule has 0 spiro atoms. The van der Waals surface area contributed by atoms with Crippen LogP contribution in [-0.2, 0) is 19.1 Å². The monoisotopic (exact) mass is 430 g/mol. The third kappa shape index (κ3) is 2.60. The molecule has 0 amide bonds. The molecule has 4 aliphatic carbocycles. The van der Waals surface area contributed by atoms with Crippen LogP contribution < -0.4 is 0 Å². The largest absolute Gasteiger partial charge is 0.450 e. The number of ether oxygens (including phenoxy) is 1. The predicted molar refractivity (Wildman–Crippen MR) is 113 cm³/mol. The highest BCUT2D eigenvalue weighted by atomic mass is 19.1. The Balaban J connectivity index is 1.87. The number of fused-ring (bicyclic) bond motifs is 5. The van der Waals surface area contributed by atoms with E-state index in [0.717, 1.165) is 5.57 Å². The van der Waals surface area contributed by atoms with Gasteiger partial charge in [-0.05, 0) is 50.3 Å². The van der Waals surface area contributed by atoms with E-state index in [1.807, 2.05) is 20.8 Å². The summed E-state index contributed by atoms with van der Waals surface area (Å²) in [6, 6.07) is 0. The third-order valence-corrected chi connectivity index (χ3v) is 8.78. The highest BCUT2D eigenvalue weighted by Crippen LogP contribution is 2.69. The lowest BCUT2D eigenvalue weighted by Gasteiger charge is -2.58. The lowest BCUT2D eigenvalue weighted by Crippen LogP contribution is -2.63. The van der Waals surface area contributed by atoms with Crippen LogP contribution in [0, 0.1) is 28.6 Å². The van der Waals surface area contributed by atoms with Crippen molar-refractivity contribution in [3.05, 3.63) is 36.0 Å². The molecule has 2 fully saturated rings. The van der Waals surface area contributed by atoms with Crippen molar-refractivity contribution in [1.29, 1.82) is 0 Å². The molecule has 0 heterocycles. The van der Waals surface area contributed by atoms with Crippen molar-refractivity contribution >= 4 is 17.5 Å². The van der Waals surface area contributed by atoms with Gasteiger partial charge in [0.2, 0.25) is 5.78 Å². The number of rotatable bonds is 4. The molecule has 4 rings (SSSR count). The predicted octanol–water partition coefficient (Wildman–Crippen LogP) is 3.66. The minimum absolute atomic E-state index is 0.110. The number of alkyl halides is 1. The van der Waals surface area contributed by atoms with Crippen LogP contribution in [0.4, 0.5) is 4.39 Å². The Kier molecular flexibility index (Phi) is 4.97. The van der Waals surface area contributed by atoms with Gasteiger partial charge in [-0.25, -0.2) is 4.39 Å². The second-order valence-corrected chi connectivity index (χ2v) is 10.0. The quantitative estimate of drug-likeness (QED) is 0.544. The maximum atomic E-state index is 16.9. The molecule has 168 valence electrons. The van der Waals surface area contributed by atoms with E-state index in [9.17, 15) is 19.5 Å². The van der Waals surface area contributed by atoms with Gasteiger partial charge in [0, 0.05) is 29.1 Å². The van der Waals surface area contributed by atoms with Crippen LogP contribution in [0.3, 0.4) is 0 Å². The molecule has 5 nitrogen and oxygen atoms in total. The molecule has 1 unspecified atom stereocenters. The van der Waals surface area contributed by atoms with Gasteiger partial charge in [-0.1, -0.05) is 38.5 Å². The molecule has 0 saturated heterocycles. The van der Waals surface area contributed by atoms with Gasteiger partial charge in [-0.3, -0.25) is 14.4 Å². The topological polar surface area (TPSA) is 80.7 Å². The second-order valence-electron chi connectivity index (χ2n) is 10.0. The van der Waals surface area contributed by atoms with Gasteiger partial charge in [0.1, 0.15) is 12.3 Å². The fraction of sp³-hybridized carbons (Fsp3) is 0.640. The first kappa shape index (κ1) is 22.1. The van der Waals surface area contributed by atoms with Gasteiger partial charge >= 0.3 is 5.97 Å². The number of carbonyl (C=O) groups excluding carboxylic acids is 3. The third-order valence-electron chi connectivity index (χ3n) is 8.78. The average molecular weight is 431 g/mol. The number of carbonyl (C=O) groups is 3. The van der Waals surface area contributed by atoms with Crippen LogP contribution in [0.15, 0.2) is 36.0 Å². The summed E-state index contributed by atoms with van der Waals surface area (Å²) in [4.78, 5) is 37.4. The summed E-state index contributed by atoms with van der Waals surface area (Å²) in [5.41, 5.74) is -4.30. The first-order chi connectivity index (χ1) is 14.5. The summed E-state index contributed by atoms with van der Waals surface area (Å²) in [7, 11) is 0. The highest BCUT2D eigenvalue weighted by molar-refractivity contribution is 6.01. The maximum Gasteiger partial charge on any atom is 0.306 e. The molecular formula is C25H31FO5. The van der Waals surface area contributed by atoms with Crippen LogP contribution in [0.2, 0.25) is 0 Å². The number of Topliss-reactive ketones (excluding diaryl/α,β-unsaturated/α-hetero) is 1. The molecule has 31 heavy (non-hydrogen) atoms. The lowest BCUT2D eigenvalue weighted by atomic mass is 9.48. The van der Waals surface area contributed by atoms with E-state index in [4.69, 9.17) is 4.74 Å². The Labute approximate surface area is 182 Å². The van der Waals surface area contributed by atoms with Gasteiger partial charge in [0.25, 0.3) is 0 Å². The lowest BCUT2D eigenvalue weighted by molar-refractivity contribution is -0.187. The van der Waals surface area contributed by atoms with Crippen molar-refractivity contribution in [2.45, 2.75) is 64.6 Å². The number of ketones is 2. The zero-order valence-corrected chi connectivity index (χ0v) is 18.6. The number of aliphatic hydroxyl groups is 1. The van der Waals surface area contributed by atoms with Crippen LogP contribution in [0.25, 0.3) is 0 Å². The van der Waals surface area contributed by atoms with Gasteiger partial charge in [0.05, 0.1) is 0 Å². The van der Waals surface area contributed by atoms with E-state index in [-0.39, 0.29) is 24.0 Å². The highest BCUT2D eigenvalue weighted by Gasteiger charge is 2.73. The zero-order chi connectivity index (χ0) is 22.8. The molecule has 6 heteroatoms. The van der Waals surface area contributed by atoms with Crippen LogP contribution in [0.5, 0.6) is 0 Å². The standard InChI is InChI=1S/C25H31FO5/c1-5-21(30)31-25(20(29)14-27)15(2)12-19-18-7-6-16-13-17(28)8-9-22(16,3)24(18,26)11-10-23(19,25)4/h8-11,13,15,18-19,27H,5-7,12,14H2,1-4H3/t15?,18-,19-,22-,23-,24+,25-/m0/s1. The molecule has 0 aliphatic heterocycles. The molecule has 0 aromatic heterocycles. The molecule has 1 N–H and O–H groups in total. The van der Waals surface area contributed by atoms with Gasteiger partial charge in [0.15, 0.2) is 11.4 Å². The van der Waals surface area contributed by atoms with E-state index in [1.54, 1.807) is 31.2 Å².